The van der Waals surface area contributed by atoms with Gasteiger partial charge in [-0.05, 0) is 140 Å². The lowest BCUT2D eigenvalue weighted by Gasteiger charge is -2.47. The number of hydrogen-bond donors (Lipinski definition) is 0. The van der Waals surface area contributed by atoms with E-state index in [0.717, 1.165) is 17.9 Å². The van der Waals surface area contributed by atoms with E-state index in [4.69, 9.17) is 15.2 Å². The van der Waals surface area contributed by atoms with Crippen LogP contribution >= 0.6 is 0 Å². The van der Waals surface area contributed by atoms with E-state index in [1.165, 1.54) is 128 Å². The summed E-state index contributed by atoms with van der Waals surface area (Å²) in [7, 11) is 0. The highest BCUT2D eigenvalue weighted by molar-refractivity contribution is 6.55. The standard InChI is InChI=1S/C29H40O2.C8H20N.2C3H7O.Al/c1-20-15-22(26(30)24(17-20)28(3)11-7-5-8-12-28)19-23-16-21(2)18-25(27(23)31)29(4)13-9-6-10-14-29;1-5-9(6-2,7-3)8-4;2*1-3(2)4;/h15-18,30-31H,5-14,19H2,1-4H3;5-8H2,1-4H3;2*3H,1-2H3;/q;+1;2*-1;+3/p-2. The fourth-order valence-electron chi connectivity index (χ4n) is 9.01. The second-order valence-corrected chi connectivity index (χ2v) is 19.0. The van der Waals surface area contributed by atoms with Gasteiger partial charge in [0.15, 0.2) is 0 Å². The van der Waals surface area contributed by atoms with Gasteiger partial charge in [0.25, 0.3) is 0 Å². The summed E-state index contributed by atoms with van der Waals surface area (Å²) in [5.74, 6) is 1.91. The number of fused-ring (bicyclic) bond motifs is 2. The first-order valence-electron chi connectivity index (χ1n) is 20.2. The summed E-state index contributed by atoms with van der Waals surface area (Å²) in [6.45, 7) is 31.8. The summed E-state index contributed by atoms with van der Waals surface area (Å²) in [6, 6.07) is 9.40. The molecule has 2 fully saturated rings. The van der Waals surface area contributed by atoms with Crippen LogP contribution in [0.3, 0.4) is 0 Å². The summed E-state index contributed by atoms with van der Waals surface area (Å²) in [4.78, 5) is 0. The van der Waals surface area contributed by atoms with Gasteiger partial charge in [-0.3, -0.25) is 0 Å². The van der Waals surface area contributed by atoms with Crippen molar-refractivity contribution in [2.45, 2.75) is 177 Å². The van der Waals surface area contributed by atoms with Gasteiger partial charge in [-0.1, -0.05) is 87.8 Å². The third kappa shape index (κ3) is 9.47. The van der Waals surface area contributed by atoms with Crippen LogP contribution in [0, 0.1) is 13.8 Å². The Labute approximate surface area is 305 Å². The Kier molecular flexibility index (Phi) is 13.8. The lowest BCUT2D eigenvalue weighted by molar-refractivity contribution is -0.921. The van der Waals surface area contributed by atoms with Gasteiger partial charge in [-0.15, -0.1) is 0 Å². The molecule has 2 aromatic rings. The lowest BCUT2D eigenvalue weighted by Crippen LogP contribution is -2.58. The molecular formula is C43H72AlNO4. The summed E-state index contributed by atoms with van der Waals surface area (Å²) >= 11 is -4.08. The van der Waals surface area contributed by atoms with E-state index in [9.17, 15) is 0 Å². The van der Waals surface area contributed by atoms with Crippen LogP contribution in [0.25, 0.3) is 0 Å². The first-order chi connectivity index (χ1) is 23.2. The van der Waals surface area contributed by atoms with Crippen molar-refractivity contribution in [2.24, 2.45) is 0 Å². The van der Waals surface area contributed by atoms with Crippen molar-refractivity contribution in [3.63, 3.8) is 0 Å². The predicted molar refractivity (Wildman–Crippen MR) is 208 cm³/mol. The van der Waals surface area contributed by atoms with Gasteiger partial charge in [0.2, 0.25) is 0 Å². The van der Waals surface area contributed by atoms with Gasteiger partial charge in [0.1, 0.15) is 0 Å². The minimum absolute atomic E-state index is 0.0734. The molecule has 5 rings (SSSR count). The molecular weight excluding hydrogens is 621 g/mol. The molecule has 0 amide bonds. The van der Waals surface area contributed by atoms with Crippen molar-refractivity contribution in [3.8, 4) is 11.5 Å². The third-order valence-corrected chi connectivity index (χ3v) is 15.1. The Bertz CT molecular complexity index is 1260. The zero-order valence-electron chi connectivity index (χ0n) is 33.7. The Hall–Kier alpha value is -1.55. The van der Waals surface area contributed by atoms with Crippen molar-refractivity contribution in [2.75, 3.05) is 26.2 Å². The molecule has 2 aromatic carbocycles. The number of quaternary nitrogens is 1. The van der Waals surface area contributed by atoms with E-state index < -0.39 is 14.4 Å². The minimum Gasteiger partial charge on any atom is -0.719 e. The zero-order valence-corrected chi connectivity index (χ0v) is 34.9. The van der Waals surface area contributed by atoms with E-state index in [-0.39, 0.29) is 23.0 Å². The molecule has 2 saturated carbocycles. The summed E-state index contributed by atoms with van der Waals surface area (Å²) in [5.41, 5.74) is 7.83. The van der Waals surface area contributed by atoms with Gasteiger partial charge in [-0.2, -0.15) is 0 Å². The number of benzene rings is 2. The SMILES string of the molecule is CC[N+](CC)(CC)CC.Cc1cc2c(c(C3(C)CCCCC3)c1)[O][Al-]([O]C(C)C)([O]C(C)C)[O]c1c(cc(C)cc1C1(C)CCCCC1)C2. The second-order valence-electron chi connectivity index (χ2n) is 16.8. The maximum atomic E-state index is 7.21. The predicted octanol–water partition coefficient (Wildman–Crippen LogP) is 11.3. The Balaban J connectivity index is 0.000000529. The molecule has 0 radical (unpaired) electrons. The van der Waals surface area contributed by atoms with Crippen LogP contribution in [0.5, 0.6) is 11.5 Å². The fourth-order valence-corrected chi connectivity index (χ4v) is 11.8. The molecule has 0 spiro atoms. The monoisotopic (exact) mass is 694 g/mol. The lowest BCUT2D eigenvalue weighted by atomic mass is 9.69. The molecule has 0 N–H and O–H groups in total. The highest BCUT2D eigenvalue weighted by atomic mass is 27.3. The smallest absolute Gasteiger partial charge is 0.719 e. The van der Waals surface area contributed by atoms with E-state index in [1.807, 2.05) is 0 Å². The number of rotatable bonds is 10. The second kappa shape index (κ2) is 16.9. The zero-order chi connectivity index (χ0) is 36.0. The van der Waals surface area contributed by atoms with E-state index in [1.54, 1.807) is 0 Å². The van der Waals surface area contributed by atoms with Crippen LogP contribution in [0.15, 0.2) is 24.3 Å². The molecule has 0 bridgehead atoms. The molecule has 276 valence electrons. The molecule has 3 aliphatic rings. The number of aryl methyl sites for hydroxylation is 2. The van der Waals surface area contributed by atoms with Crippen molar-refractivity contribution in [1.29, 1.82) is 0 Å². The average Bonchev–Trinajstić information content (AvgIpc) is 3.04. The molecule has 6 heteroatoms. The first kappa shape index (κ1) is 40.2. The normalized spacial score (nSPS) is 19.8. The van der Waals surface area contributed by atoms with Gasteiger partial charge in [0.05, 0.1) is 37.7 Å². The van der Waals surface area contributed by atoms with Crippen LogP contribution in [-0.2, 0) is 24.8 Å². The minimum atomic E-state index is -4.08. The van der Waals surface area contributed by atoms with E-state index >= 15 is 0 Å². The van der Waals surface area contributed by atoms with E-state index in [2.05, 4.69) is 107 Å². The molecule has 2 aliphatic carbocycles. The number of nitrogens with zero attached hydrogens (tertiary/aromatic N) is 1. The molecule has 0 unspecified atom stereocenters. The van der Waals surface area contributed by atoms with Crippen molar-refractivity contribution >= 4 is 14.4 Å². The largest absolute Gasteiger partial charge is 1.04 e. The van der Waals surface area contributed by atoms with E-state index in [0.29, 0.717) is 0 Å². The highest BCUT2D eigenvalue weighted by Crippen LogP contribution is 2.50. The van der Waals surface area contributed by atoms with Crippen LogP contribution in [-0.4, -0.2) is 57.3 Å². The molecule has 0 saturated heterocycles. The Morgan fingerprint density at radius 3 is 1.24 bits per heavy atom. The maximum Gasteiger partial charge on any atom is 1.04 e. The van der Waals surface area contributed by atoms with Gasteiger partial charge in [0, 0.05) is 6.42 Å². The Morgan fingerprint density at radius 1 is 0.612 bits per heavy atom. The van der Waals surface area contributed by atoms with Gasteiger partial charge >= 0.3 is 14.4 Å². The Morgan fingerprint density at radius 2 is 0.959 bits per heavy atom. The van der Waals surface area contributed by atoms with Crippen molar-refractivity contribution in [3.05, 3.63) is 57.6 Å². The summed E-state index contributed by atoms with van der Waals surface area (Å²) in [6.07, 6.45) is 13.0. The first-order valence-corrected chi connectivity index (χ1v) is 22.0. The van der Waals surface area contributed by atoms with Crippen LogP contribution < -0.4 is 7.58 Å². The molecule has 0 aromatic heterocycles. The van der Waals surface area contributed by atoms with Crippen LogP contribution in [0.4, 0.5) is 0 Å². The van der Waals surface area contributed by atoms with Crippen molar-refractivity contribution in [1.82, 2.24) is 0 Å². The molecule has 1 heterocycles. The van der Waals surface area contributed by atoms with Crippen LogP contribution in [0.2, 0.25) is 0 Å². The molecule has 49 heavy (non-hydrogen) atoms. The molecule has 0 atom stereocenters. The topological polar surface area (TPSA) is 36.9 Å². The summed E-state index contributed by atoms with van der Waals surface area (Å²) < 4.78 is 29.2. The molecule has 1 aliphatic heterocycles. The van der Waals surface area contributed by atoms with Crippen molar-refractivity contribution < 1.29 is 19.6 Å². The maximum absolute atomic E-state index is 7.21. The van der Waals surface area contributed by atoms with Crippen LogP contribution in [0.1, 0.15) is 167 Å². The summed E-state index contributed by atoms with van der Waals surface area (Å²) in [5, 5.41) is 0. The van der Waals surface area contributed by atoms with Gasteiger partial charge < -0.3 is 19.6 Å². The molecule has 5 nitrogen and oxygen atoms in total. The average molecular weight is 694 g/mol. The highest BCUT2D eigenvalue weighted by Gasteiger charge is 2.58. The number of hydrogen-bond acceptors (Lipinski definition) is 4. The quantitative estimate of drug-likeness (QED) is 0.183. The third-order valence-electron chi connectivity index (χ3n) is 12.3. The van der Waals surface area contributed by atoms with Gasteiger partial charge in [-0.25, -0.2) is 0 Å². The fraction of sp³-hybridized carbons (Fsp3) is 0.721.